The fourth-order valence-corrected chi connectivity index (χ4v) is 2.06. The predicted octanol–water partition coefficient (Wildman–Crippen LogP) is 3.09. The number of aromatic nitrogens is 1. The first-order valence-electron chi connectivity index (χ1n) is 6.32. The molecule has 1 atom stereocenters. The van der Waals surface area contributed by atoms with E-state index in [1.165, 1.54) is 6.07 Å². The summed E-state index contributed by atoms with van der Waals surface area (Å²) < 4.78 is 18.6. The van der Waals surface area contributed by atoms with Gasteiger partial charge in [-0.15, -0.1) is 0 Å². The van der Waals surface area contributed by atoms with Crippen LogP contribution < -0.4 is 11.1 Å². The van der Waals surface area contributed by atoms with Crippen molar-refractivity contribution in [2.24, 2.45) is 5.73 Å². The highest BCUT2D eigenvalue weighted by Crippen LogP contribution is 2.26. The standard InChI is InChI=1S/C13H18Cl2FN3O2/c1-13(2,3)21-12(20)18-6-7(5-17)8-4-9(16)11(15)19-10(8)14/h4,7H,5-6,17H2,1-3H3,(H,18,20). The average Bonchev–Trinajstić information content (AvgIpc) is 2.33. The number of alkyl carbamates (subject to hydrolysis) is 1. The Morgan fingerprint density at radius 1 is 1.48 bits per heavy atom. The second-order valence-electron chi connectivity index (χ2n) is 5.46. The summed E-state index contributed by atoms with van der Waals surface area (Å²) in [6.07, 6.45) is -0.584. The number of hydrogen-bond acceptors (Lipinski definition) is 4. The van der Waals surface area contributed by atoms with Gasteiger partial charge in [0.05, 0.1) is 0 Å². The molecular weight excluding hydrogens is 320 g/mol. The van der Waals surface area contributed by atoms with Crippen molar-refractivity contribution in [3.63, 3.8) is 0 Å². The van der Waals surface area contributed by atoms with Crippen LogP contribution in [-0.2, 0) is 4.74 Å². The van der Waals surface area contributed by atoms with Crippen molar-refractivity contribution in [2.75, 3.05) is 13.1 Å². The molecule has 0 bridgehead atoms. The van der Waals surface area contributed by atoms with Gasteiger partial charge >= 0.3 is 6.09 Å². The second-order valence-corrected chi connectivity index (χ2v) is 6.17. The fourth-order valence-electron chi connectivity index (χ4n) is 1.59. The van der Waals surface area contributed by atoms with Crippen LogP contribution in [-0.4, -0.2) is 29.8 Å². The summed E-state index contributed by atoms with van der Waals surface area (Å²) in [5, 5.41) is 2.32. The van der Waals surface area contributed by atoms with E-state index in [-0.39, 0.29) is 23.4 Å². The topological polar surface area (TPSA) is 77.2 Å². The number of pyridine rings is 1. The van der Waals surface area contributed by atoms with E-state index < -0.39 is 23.4 Å². The molecule has 5 nitrogen and oxygen atoms in total. The minimum atomic E-state index is -0.688. The van der Waals surface area contributed by atoms with Crippen LogP contribution in [0, 0.1) is 5.82 Å². The molecule has 0 aliphatic carbocycles. The molecule has 0 radical (unpaired) electrons. The van der Waals surface area contributed by atoms with Crippen molar-refractivity contribution in [3.8, 4) is 0 Å². The maximum Gasteiger partial charge on any atom is 0.407 e. The van der Waals surface area contributed by atoms with Gasteiger partial charge in [-0.1, -0.05) is 23.2 Å². The first-order valence-corrected chi connectivity index (χ1v) is 7.08. The average molecular weight is 338 g/mol. The Balaban J connectivity index is 2.76. The number of carbonyl (C=O) groups excluding carboxylic acids is 1. The van der Waals surface area contributed by atoms with Gasteiger partial charge in [0.25, 0.3) is 0 Å². The third-order valence-electron chi connectivity index (χ3n) is 2.53. The Kier molecular flexibility index (Phi) is 6.19. The Hall–Kier alpha value is -1.11. The van der Waals surface area contributed by atoms with Gasteiger partial charge in [-0.05, 0) is 32.4 Å². The third kappa shape index (κ3) is 5.65. The Bertz CT molecular complexity index is 521. The quantitative estimate of drug-likeness (QED) is 0.827. The third-order valence-corrected chi connectivity index (χ3v) is 3.10. The molecule has 1 amide bonds. The minimum Gasteiger partial charge on any atom is -0.444 e. The van der Waals surface area contributed by atoms with Gasteiger partial charge in [-0.25, -0.2) is 14.2 Å². The highest BCUT2D eigenvalue weighted by atomic mass is 35.5. The number of halogens is 3. The largest absolute Gasteiger partial charge is 0.444 e. The molecule has 0 saturated heterocycles. The highest BCUT2D eigenvalue weighted by molar-refractivity contribution is 6.33. The van der Waals surface area contributed by atoms with Crippen LogP contribution in [0.25, 0.3) is 0 Å². The lowest BCUT2D eigenvalue weighted by Gasteiger charge is -2.22. The zero-order valence-corrected chi connectivity index (χ0v) is 13.6. The first-order chi connectivity index (χ1) is 9.64. The molecule has 0 fully saturated rings. The molecule has 0 aliphatic rings. The number of nitrogens with two attached hydrogens (primary N) is 1. The van der Waals surface area contributed by atoms with Crippen LogP contribution in [0.3, 0.4) is 0 Å². The lowest BCUT2D eigenvalue weighted by molar-refractivity contribution is 0.0525. The van der Waals surface area contributed by atoms with Crippen molar-refractivity contribution < 1.29 is 13.9 Å². The van der Waals surface area contributed by atoms with E-state index in [4.69, 9.17) is 33.7 Å². The molecule has 1 aromatic heterocycles. The summed E-state index contributed by atoms with van der Waals surface area (Å²) in [4.78, 5) is 15.3. The van der Waals surface area contributed by atoms with Gasteiger partial charge in [0.2, 0.25) is 0 Å². The number of amides is 1. The fraction of sp³-hybridized carbons (Fsp3) is 0.538. The SMILES string of the molecule is CC(C)(C)OC(=O)NCC(CN)c1cc(F)c(Cl)nc1Cl. The van der Waals surface area contributed by atoms with E-state index in [1.807, 2.05) is 0 Å². The molecule has 1 rings (SSSR count). The molecule has 0 spiro atoms. The molecule has 0 aliphatic heterocycles. The zero-order valence-electron chi connectivity index (χ0n) is 12.0. The second kappa shape index (κ2) is 7.24. The Morgan fingerprint density at radius 3 is 2.62 bits per heavy atom. The molecule has 0 aromatic carbocycles. The molecule has 0 saturated carbocycles. The van der Waals surface area contributed by atoms with Gasteiger partial charge in [-0.2, -0.15) is 0 Å². The van der Waals surface area contributed by atoms with E-state index >= 15 is 0 Å². The van der Waals surface area contributed by atoms with E-state index in [1.54, 1.807) is 20.8 Å². The number of rotatable bonds is 4. The maximum absolute atomic E-state index is 13.5. The normalized spacial score (nSPS) is 12.9. The van der Waals surface area contributed by atoms with Crippen molar-refractivity contribution >= 4 is 29.3 Å². The van der Waals surface area contributed by atoms with Crippen LogP contribution in [0.5, 0.6) is 0 Å². The molecule has 8 heteroatoms. The van der Waals surface area contributed by atoms with Gasteiger partial charge in [0.15, 0.2) is 11.0 Å². The summed E-state index contributed by atoms with van der Waals surface area (Å²) in [6, 6.07) is 1.17. The van der Waals surface area contributed by atoms with E-state index in [2.05, 4.69) is 10.3 Å². The zero-order chi connectivity index (χ0) is 16.2. The van der Waals surface area contributed by atoms with Crippen LogP contribution in [0.1, 0.15) is 32.3 Å². The molecule has 1 unspecified atom stereocenters. The first kappa shape index (κ1) is 17.9. The van der Waals surface area contributed by atoms with Crippen LogP contribution in [0.4, 0.5) is 9.18 Å². The minimum absolute atomic E-state index is 0.0582. The Morgan fingerprint density at radius 2 is 2.10 bits per heavy atom. The smallest absolute Gasteiger partial charge is 0.407 e. The molecule has 1 heterocycles. The molecule has 3 N–H and O–H groups in total. The number of nitrogens with zero attached hydrogens (tertiary/aromatic N) is 1. The molecule has 21 heavy (non-hydrogen) atoms. The predicted molar refractivity (Wildman–Crippen MR) is 80.2 cm³/mol. The van der Waals surface area contributed by atoms with Crippen LogP contribution in [0.15, 0.2) is 6.07 Å². The number of nitrogens with one attached hydrogen (secondary N) is 1. The van der Waals surface area contributed by atoms with Crippen molar-refractivity contribution in [3.05, 3.63) is 27.8 Å². The monoisotopic (exact) mass is 337 g/mol. The summed E-state index contributed by atoms with van der Waals surface area (Å²) >= 11 is 11.5. The number of hydrogen-bond donors (Lipinski definition) is 2. The van der Waals surface area contributed by atoms with Crippen molar-refractivity contribution in [2.45, 2.75) is 32.3 Å². The van der Waals surface area contributed by atoms with Crippen LogP contribution in [0.2, 0.25) is 10.3 Å². The summed E-state index contributed by atoms with van der Waals surface area (Å²) in [6.45, 7) is 5.55. The summed E-state index contributed by atoms with van der Waals surface area (Å²) in [5.74, 6) is -1.09. The molecule has 118 valence electrons. The van der Waals surface area contributed by atoms with E-state index in [0.29, 0.717) is 5.56 Å². The van der Waals surface area contributed by atoms with Gasteiger partial charge in [0, 0.05) is 19.0 Å². The highest BCUT2D eigenvalue weighted by Gasteiger charge is 2.20. The summed E-state index contributed by atoms with van der Waals surface area (Å²) in [7, 11) is 0. The van der Waals surface area contributed by atoms with Crippen LogP contribution >= 0.6 is 23.2 Å². The van der Waals surface area contributed by atoms with E-state index in [9.17, 15) is 9.18 Å². The van der Waals surface area contributed by atoms with Gasteiger partial charge in [-0.3, -0.25) is 0 Å². The Labute approximate surface area is 133 Å². The molecular formula is C13H18Cl2FN3O2. The summed E-state index contributed by atoms with van der Waals surface area (Å²) in [5.41, 5.74) is 5.42. The van der Waals surface area contributed by atoms with Crippen molar-refractivity contribution in [1.82, 2.24) is 10.3 Å². The lowest BCUT2D eigenvalue weighted by atomic mass is 10.0. The lowest BCUT2D eigenvalue weighted by Crippen LogP contribution is -2.36. The van der Waals surface area contributed by atoms with Gasteiger partial charge < -0.3 is 15.8 Å². The molecule has 1 aromatic rings. The van der Waals surface area contributed by atoms with Crippen molar-refractivity contribution in [1.29, 1.82) is 0 Å². The number of ether oxygens (including phenoxy) is 1. The number of carbonyl (C=O) groups is 1. The maximum atomic E-state index is 13.5. The van der Waals surface area contributed by atoms with E-state index in [0.717, 1.165) is 0 Å². The van der Waals surface area contributed by atoms with Gasteiger partial charge in [0.1, 0.15) is 10.8 Å².